The standard InChI is InChI=1S/C25H37BrFN3O3.C6H6/c1-25(2,3)33-24(31)30-10-7-16(8-11-30)6-9-28-15-19-5-4-17-14-29-22-20(23(17)32-19)12-18(26)13-21(22)27;1-2-4-6-5-3-1/h12-13,16-17,19,23,28-29H,4-11,14-15H2,1-3H3;1-6H. The average molecular weight is 605 g/mol. The third-order valence-corrected chi connectivity index (χ3v) is 8.05. The van der Waals surface area contributed by atoms with Crippen LogP contribution in [0.15, 0.2) is 53.0 Å². The predicted molar refractivity (Wildman–Crippen MR) is 157 cm³/mol. The molecule has 6 nitrogen and oxygen atoms in total. The zero-order valence-corrected chi connectivity index (χ0v) is 25.0. The second-order valence-corrected chi connectivity index (χ2v) is 12.7. The number of halogens is 2. The predicted octanol–water partition coefficient (Wildman–Crippen LogP) is 7.16. The lowest BCUT2D eigenvalue weighted by Crippen LogP contribution is -2.42. The van der Waals surface area contributed by atoms with Crippen molar-refractivity contribution in [1.82, 2.24) is 10.2 Å². The van der Waals surface area contributed by atoms with E-state index < -0.39 is 5.60 Å². The minimum Gasteiger partial charge on any atom is -0.444 e. The summed E-state index contributed by atoms with van der Waals surface area (Å²) in [6.45, 7) is 9.78. The number of hydrogen-bond acceptors (Lipinski definition) is 5. The first kappa shape index (κ1) is 29.8. The Morgan fingerprint density at radius 3 is 2.41 bits per heavy atom. The number of rotatable bonds is 5. The second-order valence-electron chi connectivity index (χ2n) is 11.8. The number of fused-ring (bicyclic) bond motifs is 3. The molecule has 2 saturated heterocycles. The summed E-state index contributed by atoms with van der Waals surface area (Å²) in [5, 5.41) is 6.84. The van der Waals surface area contributed by atoms with Crippen LogP contribution in [0.25, 0.3) is 0 Å². The Kier molecular flexibility index (Phi) is 10.7. The third-order valence-electron chi connectivity index (χ3n) is 7.59. The van der Waals surface area contributed by atoms with Gasteiger partial charge in [0.2, 0.25) is 0 Å². The van der Waals surface area contributed by atoms with Gasteiger partial charge in [-0.05, 0) is 77.5 Å². The molecular formula is C31H43BrFN3O3. The number of piperidine rings is 1. The summed E-state index contributed by atoms with van der Waals surface area (Å²) < 4.78 is 27.1. The summed E-state index contributed by atoms with van der Waals surface area (Å²) in [7, 11) is 0. The van der Waals surface area contributed by atoms with Crippen molar-refractivity contribution in [2.24, 2.45) is 11.8 Å². The summed E-state index contributed by atoms with van der Waals surface area (Å²) in [6, 6.07) is 15.5. The van der Waals surface area contributed by atoms with Gasteiger partial charge in [0, 0.05) is 42.1 Å². The van der Waals surface area contributed by atoms with Crippen LogP contribution in [-0.2, 0) is 9.47 Å². The van der Waals surface area contributed by atoms with Crippen LogP contribution in [0.4, 0.5) is 14.9 Å². The third kappa shape index (κ3) is 8.92. The van der Waals surface area contributed by atoms with Crippen molar-refractivity contribution in [3.05, 3.63) is 64.4 Å². The first-order chi connectivity index (χ1) is 18.7. The van der Waals surface area contributed by atoms with E-state index in [9.17, 15) is 9.18 Å². The summed E-state index contributed by atoms with van der Waals surface area (Å²) in [4.78, 5) is 14.1. The summed E-state index contributed by atoms with van der Waals surface area (Å²) in [6.07, 6.45) is 5.16. The number of benzene rings is 2. The van der Waals surface area contributed by atoms with E-state index in [1.165, 1.54) is 6.07 Å². The molecule has 2 N–H and O–H groups in total. The Morgan fingerprint density at radius 1 is 1.10 bits per heavy atom. The molecule has 0 saturated carbocycles. The van der Waals surface area contributed by atoms with Gasteiger partial charge in [0.05, 0.1) is 17.9 Å². The lowest BCUT2D eigenvalue weighted by Gasteiger charge is -2.41. The van der Waals surface area contributed by atoms with Gasteiger partial charge >= 0.3 is 6.09 Å². The van der Waals surface area contributed by atoms with Crippen LogP contribution >= 0.6 is 15.9 Å². The molecule has 214 valence electrons. The lowest BCUT2D eigenvalue weighted by atomic mass is 9.84. The molecule has 3 unspecified atom stereocenters. The van der Waals surface area contributed by atoms with Crippen LogP contribution in [0.1, 0.15) is 64.5 Å². The van der Waals surface area contributed by atoms with Crippen molar-refractivity contribution in [3.8, 4) is 0 Å². The normalized spacial score (nSPS) is 23.0. The highest BCUT2D eigenvalue weighted by Crippen LogP contribution is 2.44. The monoisotopic (exact) mass is 603 g/mol. The average Bonchev–Trinajstić information content (AvgIpc) is 2.91. The molecule has 1 amide bonds. The molecule has 0 spiro atoms. The van der Waals surface area contributed by atoms with Crippen LogP contribution < -0.4 is 10.6 Å². The molecule has 2 aromatic rings. The summed E-state index contributed by atoms with van der Waals surface area (Å²) in [5.41, 5.74) is 1.07. The first-order valence-electron chi connectivity index (χ1n) is 14.3. The summed E-state index contributed by atoms with van der Waals surface area (Å²) >= 11 is 3.42. The molecule has 3 atom stereocenters. The Bertz CT molecular complexity index is 1030. The maximum absolute atomic E-state index is 14.4. The topological polar surface area (TPSA) is 62.8 Å². The van der Waals surface area contributed by atoms with Gasteiger partial charge in [-0.15, -0.1) is 0 Å². The quantitative estimate of drug-likeness (QED) is 0.355. The number of carbonyl (C=O) groups excluding carboxylic acids is 1. The lowest BCUT2D eigenvalue weighted by molar-refractivity contribution is -0.0827. The largest absolute Gasteiger partial charge is 0.444 e. The number of nitrogens with one attached hydrogen (secondary N) is 2. The molecule has 0 aliphatic carbocycles. The van der Waals surface area contributed by atoms with Crippen molar-refractivity contribution in [2.75, 3.05) is 38.0 Å². The van der Waals surface area contributed by atoms with Crippen LogP contribution in [0.5, 0.6) is 0 Å². The zero-order valence-electron chi connectivity index (χ0n) is 23.4. The van der Waals surface area contributed by atoms with Gasteiger partial charge < -0.3 is 25.0 Å². The number of nitrogens with zero attached hydrogens (tertiary/aromatic N) is 1. The van der Waals surface area contributed by atoms with Crippen LogP contribution in [0.2, 0.25) is 0 Å². The van der Waals surface area contributed by atoms with Crippen molar-refractivity contribution < 1.29 is 18.7 Å². The molecule has 3 aliphatic rings. The molecule has 0 bridgehead atoms. The van der Waals surface area contributed by atoms with E-state index in [1.807, 2.05) is 68.1 Å². The molecule has 3 aliphatic heterocycles. The molecule has 0 aromatic heterocycles. The SMILES string of the molecule is CC(C)(C)OC(=O)N1CCC(CCNCC2CCC3CNc4c(F)cc(Br)cc4C3O2)CC1.c1ccccc1. The van der Waals surface area contributed by atoms with Gasteiger partial charge in [-0.25, -0.2) is 9.18 Å². The molecule has 8 heteroatoms. The zero-order chi connectivity index (χ0) is 27.8. The minimum atomic E-state index is -0.445. The molecule has 3 heterocycles. The molecule has 2 aromatic carbocycles. The van der Waals surface area contributed by atoms with Crippen molar-refractivity contribution in [3.63, 3.8) is 0 Å². The van der Waals surface area contributed by atoms with Crippen molar-refractivity contribution in [1.29, 1.82) is 0 Å². The fraction of sp³-hybridized carbons (Fsp3) is 0.581. The van der Waals surface area contributed by atoms with Crippen LogP contribution in [0.3, 0.4) is 0 Å². The molecule has 5 rings (SSSR count). The van der Waals surface area contributed by atoms with E-state index in [-0.39, 0.29) is 24.1 Å². The Morgan fingerprint density at radius 2 is 1.77 bits per heavy atom. The van der Waals surface area contributed by atoms with E-state index in [2.05, 4.69) is 26.6 Å². The van der Waals surface area contributed by atoms with Gasteiger partial charge in [-0.3, -0.25) is 0 Å². The van der Waals surface area contributed by atoms with Crippen LogP contribution in [0, 0.1) is 17.7 Å². The number of hydrogen-bond donors (Lipinski definition) is 2. The van der Waals surface area contributed by atoms with Gasteiger partial charge in [-0.1, -0.05) is 52.3 Å². The highest BCUT2D eigenvalue weighted by atomic mass is 79.9. The van der Waals surface area contributed by atoms with Crippen LogP contribution in [-0.4, -0.2) is 55.4 Å². The van der Waals surface area contributed by atoms with Gasteiger partial charge in [-0.2, -0.15) is 0 Å². The van der Waals surface area contributed by atoms with E-state index in [0.717, 1.165) is 74.9 Å². The molecular weight excluding hydrogens is 561 g/mol. The number of ether oxygens (including phenoxy) is 2. The van der Waals surface area contributed by atoms with E-state index in [0.29, 0.717) is 17.5 Å². The van der Waals surface area contributed by atoms with Crippen molar-refractivity contribution >= 4 is 27.7 Å². The molecule has 2 fully saturated rings. The van der Waals surface area contributed by atoms with Gasteiger partial charge in [0.15, 0.2) is 0 Å². The maximum Gasteiger partial charge on any atom is 0.410 e. The first-order valence-corrected chi connectivity index (χ1v) is 15.1. The van der Waals surface area contributed by atoms with E-state index in [4.69, 9.17) is 9.47 Å². The Hall–Kier alpha value is -2.16. The molecule has 39 heavy (non-hydrogen) atoms. The second kappa shape index (κ2) is 14.0. The summed E-state index contributed by atoms with van der Waals surface area (Å²) in [5.74, 6) is 0.793. The fourth-order valence-electron chi connectivity index (χ4n) is 5.55. The maximum atomic E-state index is 14.4. The number of likely N-dealkylation sites (tertiary alicyclic amines) is 1. The minimum absolute atomic E-state index is 0.0500. The smallest absolute Gasteiger partial charge is 0.410 e. The number of carbonyl (C=O) groups is 1. The van der Waals surface area contributed by atoms with Gasteiger partial charge in [0.25, 0.3) is 0 Å². The highest BCUT2D eigenvalue weighted by Gasteiger charge is 2.37. The van der Waals surface area contributed by atoms with E-state index in [1.54, 1.807) is 0 Å². The van der Waals surface area contributed by atoms with E-state index >= 15 is 0 Å². The molecule has 0 radical (unpaired) electrons. The fourth-order valence-corrected chi connectivity index (χ4v) is 5.99. The van der Waals surface area contributed by atoms with Crippen molar-refractivity contribution in [2.45, 2.75) is 70.7 Å². The highest BCUT2D eigenvalue weighted by molar-refractivity contribution is 9.10. The Balaban J connectivity index is 0.000000519. The number of anilines is 1. The Labute approximate surface area is 241 Å². The van der Waals surface area contributed by atoms with Gasteiger partial charge in [0.1, 0.15) is 11.4 Å². The number of amides is 1.